The van der Waals surface area contributed by atoms with Gasteiger partial charge in [0.1, 0.15) is 17.6 Å². The molecule has 1 aliphatic carbocycles. The zero-order valence-corrected chi connectivity index (χ0v) is 15.9. The summed E-state index contributed by atoms with van der Waals surface area (Å²) in [4.78, 5) is 37.5. The number of allylic oxidation sites excluding steroid dienone is 2. The van der Waals surface area contributed by atoms with Gasteiger partial charge in [-0.25, -0.2) is 0 Å². The second-order valence-corrected chi connectivity index (χ2v) is 7.24. The van der Waals surface area contributed by atoms with Crippen molar-refractivity contribution in [3.05, 3.63) is 46.6 Å². The van der Waals surface area contributed by atoms with Gasteiger partial charge in [0.2, 0.25) is 0 Å². The molecular formula is C21H24O6. The Labute approximate surface area is 158 Å². The molecule has 144 valence electrons. The molecule has 0 aliphatic heterocycles. The quantitative estimate of drug-likeness (QED) is 0.448. The number of phenols is 2. The maximum atomic E-state index is 12.9. The number of carbonyl (C=O) groups is 3. The zero-order chi connectivity index (χ0) is 20.3. The van der Waals surface area contributed by atoms with Crippen molar-refractivity contribution in [3.8, 4) is 11.5 Å². The van der Waals surface area contributed by atoms with E-state index in [1.165, 1.54) is 0 Å². The first kappa shape index (κ1) is 20.4. The highest BCUT2D eigenvalue weighted by Crippen LogP contribution is 2.36. The Kier molecular flexibility index (Phi) is 6.20. The standard InChI is InChI=1S/C21H24O6/c1-11(2)5-8-17(27-18(25)9-12(3)4)13-10-16(24)19-14(22)6-7-15(23)20(19)21(13)26/h5-7,10,12,17,22-23H,8-9H2,1-4H3/t17-/m0/s1. The van der Waals surface area contributed by atoms with Gasteiger partial charge >= 0.3 is 5.97 Å². The number of hydrogen-bond acceptors (Lipinski definition) is 6. The lowest BCUT2D eigenvalue weighted by Crippen LogP contribution is -2.29. The zero-order valence-electron chi connectivity index (χ0n) is 15.9. The fourth-order valence-electron chi connectivity index (χ4n) is 2.84. The second kappa shape index (κ2) is 8.20. The molecule has 2 rings (SSSR count). The molecule has 0 radical (unpaired) electrons. The summed E-state index contributed by atoms with van der Waals surface area (Å²) in [5.74, 6) is -2.42. The van der Waals surface area contributed by atoms with Crippen molar-refractivity contribution >= 4 is 17.5 Å². The van der Waals surface area contributed by atoms with Crippen LogP contribution in [0.25, 0.3) is 0 Å². The first-order valence-electron chi connectivity index (χ1n) is 8.80. The molecule has 0 bridgehead atoms. The second-order valence-electron chi connectivity index (χ2n) is 7.24. The van der Waals surface area contributed by atoms with Crippen molar-refractivity contribution in [1.29, 1.82) is 0 Å². The highest BCUT2D eigenvalue weighted by molar-refractivity contribution is 6.27. The minimum Gasteiger partial charge on any atom is -0.507 e. The van der Waals surface area contributed by atoms with Crippen LogP contribution in [0.2, 0.25) is 0 Å². The molecule has 0 amide bonds. The van der Waals surface area contributed by atoms with Gasteiger partial charge in [-0.1, -0.05) is 25.5 Å². The molecule has 1 aromatic rings. The normalized spacial score (nSPS) is 14.5. The number of esters is 1. The van der Waals surface area contributed by atoms with E-state index < -0.39 is 29.4 Å². The highest BCUT2D eigenvalue weighted by atomic mass is 16.5. The number of Topliss-reactive ketones (excluding diaryl/α,β-unsaturated/α-hetero) is 1. The lowest BCUT2D eigenvalue weighted by atomic mass is 9.85. The van der Waals surface area contributed by atoms with Crippen LogP contribution in [0.1, 0.15) is 61.3 Å². The predicted molar refractivity (Wildman–Crippen MR) is 99.9 cm³/mol. The minimum atomic E-state index is -0.947. The summed E-state index contributed by atoms with van der Waals surface area (Å²) in [7, 11) is 0. The van der Waals surface area contributed by atoms with Crippen LogP contribution in [0.15, 0.2) is 35.4 Å². The molecule has 1 aromatic carbocycles. The van der Waals surface area contributed by atoms with Gasteiger partial charge in [0.05, 0.1) is 11.1 Å². The topological polar surface area (TPSA) is 101 Å². The molecule has 2 N–H and O–H groups in total. The molecule has 1 atom stereocenters. The number of ketones is 2. The third-order valence-corrected chi connectivity index (χ3v) is 4.12. The van der Waals surface area contributed by atoms with E-state index in [4.69, 9.17) is 4.74 Å². The van der Waals surface area contributed by atoms with Gasteiger partial charge in [0.15, 0.2) is 11.6 Å². The fourth-order valence-corrected chi connectivity index (χ4v) is 2.84. The summed E-state index contributed by atoms with van der Waals surface area (Å²) >= 11 is 0. The van der Waals surface area contributed by atoms with Gasteiger partial charge in [-0.05, 0) is 38.0 Å². The van der Waals surface area contributed by atoms with Crippen LogP contribution < -0.4 is 0 Å². The van der Waals surface area contributed by atoms with Crippen LogP contribution in [0.4, 0.5) is 0 Å². The molecule has 0 heterocycles. The van der Waals surface area contributed by atoms with Gasteiger partial charge < -0.3 is 14.9 Å². The van der Waals surface area contributed by atoms with Gasteiger partial charge in [-0.2, -0.15) is 0 Å². The van der Waals surface area contributed by atoms with Crippen molar-refractivity contribution in [2.45, 2.75) is 46.6 Å². The molecular weight excluding hydrogens is 348 g/mol. The summed E-state index contributed by atoms with van der Waals surface area (Å²) in [6.45, 7) is 7.48. The van der Waals surface area contributed by atoms with Crippen LogP contribution in [0.3, 0.4) is 0 Å². The number of fused-ring (bicyclic) bond motifs is 1. The molecule has 0 aromatic heterocycles. The number of ether oxygens (including phenoxy) is 1. The van der Waals surface area contributed by atoms with E-state index >= 15 is 0 Å². The van der Waals surface area contributed by atoms with Crippen LogP contribution >= 0.6 is 0 Å². The predicted octanol–water partition coefficient (Wildman–Crippen LogP) is 3.72. The van der Waals surface area contributed by atoms with Crippen molar-refractivity contribution in [1.82, 2.24) is 0 Å². The number of rotatable bonds is 6. The monoisotopic (exact) mass is 372 g/mol. The largest absolute Gasteiger partial charge is 0.507 e. The third-order valence-electron chi connectivity index (χ3n) is 4.12. The number of phenolic OH excluding ortho intramolecular Hbond substituents is 2. The molecule has 6 nitrogen and oxygen atoms in total. The average Bonchev–Trinajstić information content (AvgIpc) is 2.56. The molecule has 0 saturated heterocycles. The maximum Gasteiger partial charge on any atom is 0.306 e. The Hall–Kier alpha value is -2.89. The first-order valence-corrected chi connectivity index (χ1v) is 8.80. The Balaban J connectivity index is 2.44. The van der Waals surface area contributed by atoms with Gasteiger partial charge in [-0.15, -0.1) is 0 Å². The molecule has 0 saturated carbocycles. The highest BCUT2D eigenvalue weighted by Gasteiger charge is 2.35. The molecule has 27 heavy (non-hydrogen) atoms. The van der Waals surface area contributed by atoms with Gasteiger partial charge in [0.25, 0.3) is 0 Å². The Morgan fingerprint density at radius 1 is 1.11 bits per heavy atom. The van der Waals surface area contributed by atoms with E-state index in [0.717, 1.165) is 23.8 Å². The van der Waals surface area contributed by atoms with Crippen molar-refractivity contribution < 1.29 is 29.3 Å². The van der Waals surface area contributed by atoms with E-state index in [1.807, 2.05) is 33.8 Å². The lowest BCUT2D eigenvalue weighted by Gasteiger charge is -2.24. The molecule has 0 unspecified atom stereocenters. The number of aromatic hydroxyl groups is 2. The van der Waals surface area contributed by atoms with E-state index in [9.17, 15) is 24.6 Å². The minimum absolute atomic E-state index is 0.0111. The van der Waals surface area contributed by atoms with E-state index in [2.05, 4.69) is 0 Å². The SMILES string of the molecule is CC(C)=CC[C@H](OC(=O)CC(C)C)C1=CC(=O)c2c(O)ccc(O)c2C1=O. The molecule has 6 heteroatoms. The van der Waals surface area contributed by atoms with Crippen LogP contribution in [-0.2, 0) is 9.53 Å². The number of benzene rings is 1. The Morgan fingerprint density at radius 3 is 2.26 bits per heavy atom. The van der Waals surface area contributed by atoms with Crippen LogP contribution in [-0.4, -0.2) is 33.9 Å². The smallest absolute Gasteiger partial charge is 0.306 e. The van der Waals surface area contributed by atoms with Crippen molar-refractivity contribution in [3.63, 3.8) is 0 Å². The summed E-state index contributed by atoms with van der Waals surface area (Å²) in [5, 5.41) is 20.0. The third kappa shape index (κ3) is 4.64. The Bertz CT molecular complexity index is 840. The molecule has 1 aliphatic rings. The van der Waals surface area contributed by atoms with Crippen LogP contribution in [0.5, 0.6) is 11.5 Å². The van der Waals surface area contributed by atoms with Crippen LogP contribution in [0, 0.1) is 5.92 Å². The maximum absolute atomic E-state index is 12.9. The summed E-state index contributed by atoms with van der Waals surface area (Å²) < 4.78 is 5.49. The van der Waals surface area contributed by atoms with Gasteiger partial charge in [0, 0.05) is 18.4 Å². The average molecular weight is 372 g/mol. The van der Waals surface area contributed by atoms with E-state index in [1.54, 1.807) is 0 Å². The first-order chi connectivity index (χ1) is 12.6. The van der Waals surface area contributed by atoms with Crippen molar-refractivity contribution in [2.75, 3.05) is 0 Å². The summed E-state index contributed by atoms with van der Waals surface area (Å²) in [6.07, 6.45) is 2.35. The molecule has 0 fully saturated rings. The van der Waals surface area contributed by atoms with Crippen molar-refractivity contribution in [2.24, 2.45) is 5.92 Å². The summed E-state index contributed by atoms with van der Waals surface area (Å²) in [6, 6.07) is 2.31. The van der Waals surface area contributed by atoms with E-state index in [-0.39, 0.29) is 41.2 Å². The fraction of sp³-hybridized carbons (Fsp3) is 0.381. The summed E-state index contributed by atoms with van der Waals surface area (Å²) in [5.41, 5.74) is 0.455. The van der Waals surface area contributed by atoms with E-state index in [0.29, 0.717) is 0 Å². The number of carbonyl (C=O) groups excluding carboxylic acids is 3. The lowest BCUT2D eigenvalue weighted by molar-refractivity contribution is -0.147. The molecule has 0 spiro atoms. The van der Waals surface area contributed by atoms with Gasteiger partial charge in [-0.3, -0.25) is 14.4 Å². The number of hydrogen-bond donors (Lipinski definition) is 2. The Morgan fingerprint density at radius 2 is 1.70 bits per heavy atom.